The number of thiophene rings is 1. The first kappa shape index (κ1) is 13.8. The van der Waals surface area contributed by atoms with Crippen LogP contribution in [0.3, 0.4) is 0 Å². The van der Waals surface area contributed by atoms with Crippen molar-refractivity contribution in [3.8, 4) is 10.8 Å². The monoisotopic (exact) mass is 319 g/mol. The van der Waals surface area contributed by atoms with E-state index in [1.807, 2.05) is 17.5 Å². The Hall–Kier alpha value is -2.19. The van der Waals surface area contributed by atoms with Crippen LogP contribution in [-0.2, 0) is 5.75 Å². The molecule has 3 aromatic rings. The van der Waals surface area contributed by atoms with E-state index in [0.717, 1.165) is 4.88 Å². The van der Waals surface area contributed by atoms with Gasteiger partial charge in [0.1, 0.15) is 0 Å². The maximum Gasteiger partial charge on any atom is 0.335 e. The average molecular weight is 319 g/mol. The largest absolute Gasteiger partial charge is 0.478 e. The molecular weight excluding hydrogens is 310 g/mol. The quantitative estimate of drug-likeness (QED) is 0.722. The van der Waals surface area contributed by atoms with Crippen molar-refractivity contribution in [2.24, 2.45) is 0 Å². The standard InChI is InChI=1S/C13H9N3O3S2/c17-13(18)8-3-4-14-11(6-8)21-7-10-15-16-12(19-10)9-2-1-5-20-9/h1-6H,7H2,(H,17,18). The van der Waals surface area contributed by atoms with Crippen molar-refractivity contribution in [1.29, 1.82) is 0 Å². The minimum absolute atomic E-state index is 0.206. The van der Waals surface area contributed by atoms with E-state index < -0.39 is 5.97 Å². The second kappa shape index (κ2) is 6.06. The summed E-state index contributed by atoms with van der Waals surface area (Å²) in [6.45, 7) is 0. The summed E-state index contributed by atoms with van der Waals surface area (Å²) >= 11 is 2.88. The van der Waals surface area contributed by atoms with Gasteiger partial charge in [0, 0.05) is 6.20 Å². The van der Waals surface area contributed by atoms with E-state index in [2.05, 4.69) is 15.2 Å². The second-order valence-corrected chi connectivity index (χ2v) is 5.90. The van der Waals surface area contributed by atoms with Crippen LogP contribution in [0.1, 0.15) is 16.2 Å². The molecule has 0 aliphatic carbocycles. The van der Waals surface area contributed by atoms with E-state index in [0.29, 0.717) is 22.6 Å². The predicted molar refractivity (Wildman–Crippen MR) is 78.4 cm³/mol. The molecule has 6 nitrogen and oxygen atoms in total. The minimum Gasteiger partial charge on any atom is -0.478 e. The molecule has 21 heavy (non-hydrogen) atoms. The first-order chi connectivity index (χ1) is 10.2. The highest BCUT2D eigenvalue weighted by Crippen LogP contribution is 2.26. The van der Waals surface area contributed by atoms with Crippen molar-refractivity contribution in [2.75, 3.05) is 0 Å². The molecule has 3 aromatic heterocycles. The molecule has 0 spiro atoms. The third-order valence-electron chi connectivity index (χ3n) is 2.52. The summed E-state index contributed by atoms with van der Waals surface area (Å²) in [5, 5.41) is 19.4. The molecule has 0 bridgehead atoms. The molecule has 0 aliphatic rings. The number of aromatic nitrogens is 3. The van der Waals surface area contributed by atoms with Crippen LogP contribution < -0.4 is 0 Å². The topological polar surface area (TPSA) is 89.1 Å². The minimum atomic E-state index is -0.975. The van der Waals surface area contributed by atoms with Crippen molar-refractivity contribution < 1.29 is 14.3 Å². The van der Waals surface area contributed by atoms with Gasteiger partial charge in [0.05, 0.1) is 21.2 Å². The number of carbonyl (C=O) groups is 1. The van der Waals surface area contributed by atoms with E-state index >= 15 is 0 Å². The molecule has 106 valence electrons. The Kier molecular flexibility index (Phi) is 3.98. The van der Waals surface area contributed by atoms with E-state index in [4.69, 9.17) is 9.52 Å². The fourth-order valence-electron chi connectivity index (χ4n) is 1.57. The van der Waals surface area contributed by atoms with Gasteiger partial charge in [-0.05, 0) is 23.6 Å². The first-order valence-corrected chi connectivity index (χ1v) is 7.77. The Morgan fingerprint density at radius 2 is 2.29 bits per heavy atom. The summed E-state index contributed by atoms with van der Waals surface area (Å²) in [6, 6.07) is 6.80. The highest BCUT2D eigenvalue weighted by Gasteiger charge is 2.11. The van der Waals surface area contributed by atoms with Crippen molar-refractivity contribution in [1.82, 2.24) is 15.2 Å². The lowest BCUT2D eigenvalue weighted by atomic mass is 10.3. The SMILES string of the molecule is O=C(O)c1ccnc(SCc2nnc(-c3cccs3)o2)c1. The van der Waals surface area contributed by atoms with Gasteiger partial charge in [-0.2, -0.15) is 0 Å². The zero-order valence-electron chi connectivity index (χ0n) is 10.6. The molecule has 3 heterocycles. The van der Waals surface area contributed by atoms with Gasteiger partial charge in [0.15, 0.2) is 0 Å². The average Bonchev–Trinajstić information content (AvgIpc) is 3.16. The van der Waals surface area contributed by atoms with Crippen LogP contribution in [0, 0.1) is 0 Å². The van der Waals surface area contributed by atoms with Gasteiger partial charge in [-0.1, -0.05) is 17.8 Å². The van der Waals surface area contributed by atoms with Gasteiger partial charge in [-0.25, -0.2) is 9.78 Å². The number of carboxylic acid groups (broad SMARTS) is 1. The van der Waals surface area contributed by atoms with Crippen molar-refractivity contribution in [3.05, 3.63) is 47.3 Å². The van der Waals surface area contributed by atoms with E-state index in [1.54, 1.807) is 0 Å². The van der Waals surface area contributed by atoms with Crippen LogP contribution in [0.2, 0.25) is 0 Å². The van der Waals surface area contributed by atoms with Crippen molar-refractivity contribution >= 4 is 29.1 Å². The van der Waals surface area contributed by atoms with Gasteiger partial charge < -0.3 is 9.52 Å². The van der Waals surface area contributed by atoms with Crippen LogP contribution in [0.4, 0.5) is 0 Å². The van der Waals surface area contributed by atoms with Crippen molar-refractivity contribution in [3.63, 3.8) is 0 Å². The Balaban J connectivity index is 1.68. The normalized spacial score (nSPS) is 10.7. The third kappa shape index (κ3) is 3.29. The molecule has 0 radical (unpaired) electrons. The number of hydrogen-bond donors (Lipinski definition) is 1. The van der Waals surface area contributed by atoms with Crippen LogP contribution in [0.15, 0.2) is 45.3 Å². The number of aromatic carboxylic acids is 1. The van der Waals surface area contributed by atoms with Crippen LogP contribution in [0.25, 0.3) is 10.8 Å². The highest BCUT2D eigenvalue weighted by atomic mass is 32.2. The summed E-state index contributed by atoms with van der Waals surface area (Å²) in [6.07, 6.45) is 1.47. The zero-order chi connectivity index (χ0) is 14.7. The number of pyridine rings is 1. The highest BCUT2D eigenvalue weighted by molar-refractivity contribution is 7.98. The lowest BCUT2D eigenvalue weighted by molar-refractivity contribution is 0.0696. The Bertz CT molecular complexity index is 756. The van der Waals surface area contributed by atoms with Crippen LogP contribution in [-0.4, -0.2) is 26.3 Å². The number of nitrogens with zero attached hydrogens (tertiary/aromatic N) is 3. The molecule has 0 aliphatic heterocycles. The lowest BCUT2D eigenvalue weighted by Gasteiger charge is -1.99. The summed E-state index contributed by atoms with van der Waals surface area (Å²) < 4.78 is 5.55. The first-order valence-electron chi connectivity index (χ1n) is 5.91. The maximum absolute atomic E-state index is 10.9. The fourth-order valence-corrected chi connectivity index (χ4v) is 2.95. The van der Waals surface area contributed by atoms with Crippen molar-refractivity contribution in [2.45, 2.75) is 10.8 Å². The number of carboxylic acids is 1. The van der Waals surface area contributed by atoms with Gasteiger partial charge in [0.25, 0.3) is 5.89 Å². The van der Waals surface area contributed by atoms with Gasteiger partial charge in [-0.15, -0.1) is 21.5 Å². The maximum atomic E-state index is 10.9. The molecule has 0 saturated carbocycles. The summed E-state index contributed by atoms with van der Waals surface area (Å²) in [5.74, 6) is 0.435. The number of thioether (sulfide) groups is 1. The lowest BCUT2D eigenvalue weighted by Crippen LogP contribution is -1.96. The van der Waals surface area contributed by atoms with Crippen LogP contribution in [0.5, 0.6) is 0 Å². The summed E-state index contributed by atoms with van der Waals surface area (Å²) in [7, 11) is 0. The zero-order valence-corrected chi connectivity index (χ0v) is 12.2. The second-order valence-electron chi connectivity index (χ2n) is 3.95. The molecular formula is C13H9N3O3S2. The Morgan fingerprint density at radius 1 is 1.38 bits per heavy atom. The molecule has 0 amide bonds. The molecule has 1 N–H and O–H groups in total. The predicted octanol–water partition coefficient (Wildman–Crippen LogP) is 3.18. The van der Waals surface area contributed by atoms with Gasteiger partial charge in [-0.3, -0.25) is 0 Å². The molecule has 0 fully saturated rings. The molecule has 0 unspecified atom stereocenters. The summed E-state index contributed by atoms with van der Waals surface area (Å²) in [5.41, 5.74) is 0.206. The van der Waals surface area contributed by atoms with Gasteiger partial charge >= 0.3 is 5.97 Å². The fraction of sp³-hybridized carbons (Fsp3) is 0.0769. The molecule has 0 saturated heterocycles. The van der Waals surface area contributed by atoms with E-state index in [9.17, 15) is 4.79 Å². The molecule has 0 atom stereocenters. The molecule has 0 aromatic carbocycles. The summed E-state index contributed by atoms with van der Waals surface area (Å²) in [4.78, 5) is 15.9. The van der Waals surface area contributed by atoms with Crippen LogP contribution >= 0.6 is 23.1 Å². The smallest absolute Gasteiger partial charge is 0.335 e. The number of hydrogen-bond acceptors (Lipinski definition) is 7. The third-order valence-corrected chi connectivity index (χ3v) is 4.29. The van der Waals surface area contributed by atoms with Gasteiger partial charge in [0.2, 0.25) is 5.89 Å². The molecule has 3 rings (SSSR count). The number of rotatable bonds is 5. The van der Waals surface area contributed by atoms with E-state index in [1.165, 1.54) is 41.4 Å². The molecule has 8 heteroatoms. The Labute approximate surface area is 127 Å². The van der Waals surface area contributed by atoms with E-state index in [-0.39, 0.29) is 5.56 Å². The Morgan fingerprint density at radius 3 is 3.05 bits per heavy atom.